The predicted octanol–water partition coefficient (Wildman–Crippen LogP) is 3.47. The number of benzene rings is 2. The zero-order chi connectivity index (χ0) is 13.5. The van der Waals surface area contributed by atoms with Gasteiger partial charge in [-0.2, -0.15) is 0 Å². The Morgan fingerprint density at radius 2 is 2.10 bits per heavy atom. The van der Waals surface area contributed by atoms with Gasteiger partial charge in [0.2, 0.25) is 6.79 Å². The highest BCUT2D eigenvalue weighted by molar-refractivity contribution is 6.32. The minimum atomic E-state index is 0.229. The van der Waals surface area contributed by atoms with Gasteiger partial charge in [-0.05, 0) is 29.8 Å². The average molecular weight is 287 g/mol. The Kier molecular flexibility index (Phi) is 2.57. The molecule has 2 heterocycles. The molecule has 0 N–H and O–H groups in total. The largest absolute Gasteiger partial charge is 0.454 e. The van der Waals surface area contributed by atoms with Crippen LogP contribution in [0.1, 0.15) is 5.56 Å². The van der Waals surface area contributed by atoms with E-state index in [4.69, 9.17) is 21.1 Å². The van der Waals surface area contributed by atoms with Gasteiger partial charge in [0, 0.05) is 6.54 Å². The summed E-state index contributed by atoms with van der Waals surface area (Å²) in [6.45, 7) is 0.920. The number of para-hydroxylation sites is 2. The average Bonchev–Trinajstić information content (AvgIpc) is 3.07. The van der Waals surface area contributed by atoms with E-state index >= 15 is 0 Å². The van der Waals surface area contributed by atoms with Crippen LogP contribution in [0.25, 0.3) is 11.0 Å². The molecule has 2 aromatic carbocycles. The minimum absolute atomic E-state index is 0.229. The standard InChI is InChI=1S/C15H11ClN2O2/c16-11-5-10(6-14-15(11)20-9-19-14)7-18-8-17-12-3-1-2-4-13(12)18/h1-6,8H,7,9H2. The normalized spacial score (nSPS) is 13.1. The summed E-state index contributed by atoms with van der Waals surface area (Å²) >= 11 is 6.20. The van der Waals surface area contributed by atoms with Crippen molar-refractivity contribution in [1.29, 1.82) is 0 Å². The van der Waals surface area contributed by atoms with E-state index in [2.05, 4.69) is 15.6 Å². The number of nitrogens with zero attached hydrogens (tertiary/aromatic N) is 2. The minimum Gasteiger partial charge on any atom is -0.454 e. The van der Waals surface area contributed by atoms with Gasteiger partial charge < -0.3 is 14.0 Å². The fourth-order valence-electron chi connectivity index (χ4n) is 2.45. The molecule has 0 atom stereocenters. The zero-order valence-electron chi connectivity index (χ0n) is 10.5. The summed E-state index contributed by atoms with van der Waals surface area (Å²) < 4.78 is 12.8. The lowest BCUT2D eigenvalue weighted by Gasteiger charge is -2.07. The molecule has 1 aliphatic rings. The number of fused-ring (bicyclic) bond motifs is 2. The molecule has 0 fully saturated rings. The molecule has 0 saturated heterocycles. The molecule has 100 valence electrons. The van der Waals surface area contributed by atoms with Gasteiger partial charge in [-0.3, -0.25) is 0 Å². The van der Waals surface area contributed by atoms with Crippen LogP contribution in [0.5, 0.6) is 11.5 Å². The maximum atomic E-state index is 6.20. The molecule has 5 heteroatoms. The molecule has 0 amide bonds. The second kappa shape index (κ2) is 4.42. The first-order chi connectivity index (χ1) is 9.81. The first kappa shape index (κ1) is 11.6. The van der Waals surface area contributed by atoms with Crippen LogP contribution in [0, 0.1) is 0 Å². The van der Waals surface area contributed by atoms with E-state index in [9.17, 15) is 0 Å². The van der Waals surface area contributed by atoms with Gasteiger partial charge in [-0.25, -0.2) is 4.98 Å². The van der Waals surface area contributed by atoms with Gasteiger partial charge in [-0.1, -0.05) is 23.7 Å². The van der Waals surface area contributed by atoms with Crippen molar-refractivity contribution in [3.8, 4) is 11.5 Å². The monoisotopic (exact) mass is 286 g/mol. The van der Waals surface area contributed by atoms with Crippen LogP contribution in [0.3, 0.4) is 0 Å². The number of imidazole rings is 1. The van der Waals surface area contributed by atoms with Crippen molar-refractivity contribution in [3.63, 3.8) is 0 Å². The van der Waals surface area contributed by atoms with Crippen molar-refractivity contribution in [3.05, 3.63) is 53.3 Å². The topological polar surface area (TPSA) is 36.3 Å². The smallest absolute Gasteiger partial charge is 0.231 e. The molecular weight excluding hydrogens is 276 g/mol. The van der Waals surface area contributed by atoms with E-state index in [1.54, 1.807) is 0 Å². The van der Waals surface area contributed by atoms with Crippen LogP contribution >= 0.6 is 11.6 Å². The molecular formula is C15H11ClN2O2. The number of aromatic nitrogens is 2. The Labute approximate surface area is 120 Å². The highest BCUT2D eigenvalue weighted by Gasteiger charge is 2.18. The Balaban J connectivity index is 1.74. The number of ether oxygens (including phenoxy) is 2. The van der Waals surface area contributed by atoms with Gasteiger partial charge in [0.1, 0.15) is 0 Å². The highest BCUT2D eigenvalue weighted by Crippen LogP contribution is 2.40. The Morgan fingerprint density at radius 3 is 3.05 bits per heavy atom. The van der Waals surface area contributed by atoms with Crippen LogP contribution in [-0.2, 0) is 6.54 Å². The van der Waals surface area contributed by atoms with Crippen molar-refractivity contribution in [2.45, 2.75) is 6.54 Å². The summed E-state index contributed by atoms with van der Waals surface area (Å²) in [5, 5.41) is 0.583. The maximum absolute atomic E-state index is 6.20. The van der Waals surface area contributed by atoms with Gasteiger partial charge >= 0.3 is 0 Å². The molecule has 3 aromatic rings. The lowest BCUT2D eigenvalue weighted by molar-refractivity contribution is 0.174. The molecule has 0 bridgehead atoms. The molecule has 4 nitrogen and oxygen atoms in total. The Morgan fingerprint density at radius 1 is 1.20 bits per heavy atom. The quantitative estimate of drug-likeness (QED) is 0.724. The van der Waals surface area contributed by atoms with Crippen LogP contribution < -0.4 is 9.47 Å². The van der Waals surface area contributed by atoms with E-state index in [1.807, 2.05) is 36.7 Å². The van der Waals surface area contributed by atoms with Gasteiger partial charge in [0.05, 0.1) is 22.4 Å². The third-order valence-electron chi connectivity index (χ3n) is 3.37. The molecule has 1 aromatic heterocycles. The summed E-state index contributed by atoms with van der Waals surface area (Å²) in [4.78, 5) is 4.38. The molecule has 0 aliphatic carbocycles. The summed E-state index contributed by atoms with van der Waals surface area (Å²) in [7, 11) is 0. The SMILES string of the molecule is Clc1cc(Cn2cnc3ccccc32)cc2c1OCO2. The third-order valence-corrected chi connectivity index (χ3v) is 3.65. The van der Waals surface area contributed by atoms with Crippen LogP contribution in [0.15, 0.2) is 42.7 Å². The number of rotatable bonds is 2. The van der Waals surface area contributed by atoms with E-state index < -0.39 is 0 Å². The Bertz CT molecular complexity index is 798. The molecule has 0 unspecified atom stereocenters. The van der Waals surface area contributed by atoms with E-state index in [1.165, 1.54) is 0 Å². The maximum Gasteiger partial charge on any atom is 0.231 e. The lowest BCUT2D eigenvalue weighted by Crippen LogP contribution is -1.98. The first-order valence-electron chi connectivity index (χ1n) is 6.29. The van der Waals surface area contributed by atoms with Crippen molar-refractivity contribution >= 4 is 22.6 Å². The fourth-order valence-corrected chi connectivity index (χ4v) is 2.73. The molecule has 4 rings (SSSR count). The van der Waals surface area contributed by atoms with Crippen LogP contribution in [0.2, 0.25) is 5.02 Å². The summed E-state index contributed by atoms with van der Waals surface area (Å²) in [6, 6.07) is 11.9. The second-order valence-electron chi connectivity index (χ2n) is 4.67. The summed E-state index contributed by atoms with van der Waals surface area (Å²) in [5.74, 6) is 1.34. The number of hydrogen-bond donors (Lipinski definition) is 0. The first-order valence-corrected chi connectivity index (χ1v) is 6.67. The van der Waals surface area contributed by atoms with Crippen molar-refractivity contribution in [1.82, 2.24) is 9.55 Å². The number of hydrogen-bond acceptors (Lipinski definition) is 3. The molecule has 1 aliphatic heterocycles. The fraction of sp³-hybridized carbons (Fsp3) is 0.133. The third kappa shape index (κ3) is 1.80. The molecule has 0 radical (unpaired) electrons. The lowest BCUT2D eigenvalue weighted by atomic mass is 10.2. The second-order valence-corrected chi connectivity index (χ2v) is 5.08. The Hall–Kier alpha value is -2.20. The van der Waals surface area contributed by atoms with E-state index in [0.29, 0.717) is 23.1 Å². The van der Waals surface area contributed by atoms with E-state index in [-0.39, 0.29) is 6.79 Å². The van der Waals surface area contributed by atoms with Crippen molar-refractivity contribution < 1.29 is 9.47 Å². The van der Waals surface area contributed by atoms with Gasteiger partial charge in [0.15, 0.2) is 11.5 Å². The van der Waals surface area contributed by atoms with Gasteiger partial charge in [-0.15, -0.1) is 0 Å². The van der Waals surface area contributed by atoms with Gasteiger partial charge in [0.25, 0.3) is 0 Å². The van der Waals surface area contributed by atoms with Crippen LogP contribution in [0.4, 0.5) is 0 Å². The summed E-state index contributed by atoms with van der Waals surface area (Å²) in [5.41, 5.74) is 3.14. The highest BCUT2D eigenvalue weighted by atomic mass is 35.5. The van der Waals surface area contributed by atoms with E-state index in [0.717, 1.165) is 16.6 Å². The zero-order valence-corrected chi connectivity index (χ0v) is 11.3. The van der Waals surface area contributed by atoms with Crippen molar-refractivity contribution in [2.75, 3.05) is 6.79 Å². The van der Waals surface area contributed by atoms with Crippen molar-refractivity contribution in [2.24, 2.45) is 0 Å². The predicted molar refractivity (Wildman–Crippen MR) is 76.4 cm³/mol. The molecule has 0 saturated carbocycles. The number of halogens is 1. The molecule has 20 heavy (non-hydrogen) atoms. The summed E-state index contributed by atoms with van der Waals surface area (Å²) in [6.07, 6.45) is 1.84. The van der Waals surface area contributed by atoms with Crippen LogP contribution in [-0.4, -0.2) is 16.3 Å². The molecule has 0 spiro atoms.